The second-order valence-electron chi connectivity index (χ2n) is 5.79. The number of nitrogens with zero attached hydrogens (tertiary/aromatic N) is 3. The zero-order valence-electron chi connectivity index (χ0n) is 14.5. The Bertz CT molecular complexity index is 1110. The number of aryl methyl sites for hydroxylation is 1. The number of imidazole rings is 1. The first-order valence-electron chi connectivity index (χ1n) is 8.49. The summed E-state index contributed by atoms with van der Waals surface area (Å²) in [7, 11) is 0. The second-order valence-corrected chi connectivity index (χ2v) is 5.79. The van der Waals surface area contributed by atoms with Crippen LogP contribution in [-0.2, 0) is 6.54 Å². The molecule has 0 aliphatic heterocycles. The number of aromatic amines is 1. The van der Waals surface area contributed by atoms with Crippen LogP contribution in [0.2, 0.25) is 0 Å². The second kappa shape index (κ2) is 6.51. The lowest BCUT2D eigenvalue weighted by molar-refractivity contribution is 0.340. The molecular weight excluding hydrogens is 332 g/mol. The van der Waals surface area contributed by atoms with Crippen molar-refractivity contribution in [2.75, 3.05) is 6.61 Å². The van der Waals surface area contributed by atoms with Crippen LogP contribution >= 0.6 is 0 Å². The van der Waals surface area contributed by atoms with Crippen LogP contribution in [-0.4, -0.2) is 26.3 Å². The molecule has 2 aromatic heterocycles. The molecule has 0 aliphatic rings. The average molecular weight is 350 g/mol. The van der Waals surface area contributed by atoms with Gasteiger partial charge in [-0.3, -0.25) is 4.57 Å². The normalized spacial score (nSPS) is 11.2. The number of benzene rings is 2. The summed E-state index contributed by atoms with van der Waals surface area (Å²) >= 11 is 0. The molecule has 7 nitrogen and oxygen atoms in total. The van der Waals surface area contributed by atoms with Gasteiger partial charge < -0.3 is 14.2 Å². The van der Waals surface area contributed by atoms with Crippen molar-refractivity contribution in [2.45, 2.75) is 20.4 Å². The van der Waals surface area contributed by atoms with Crippen LogP contribution in [0.15, 0.2) is 51.8 Å². The molecule has 0 amide bonds. The van der Waals surface area contributed by atoms with Crippen molar-refractivity contribution in [3.8, 4) is 28.6 Å². The summed E-state index contributed by atoms with van der Waals surface area (Å²) in [6, 6.07) is 13.1. The maximum absolute atomic E-state index is 11.9. The van der Waals surface area contributed by atoms with Gasteiger partial charge in [0.2, 0.25) is 5.82 Å². The summed E-state index contributed by atoms with van der Waals surface area (Å²) in [5.74, 6) is 1.70. The van der Waals surface area contributed by atoms with Crippen molar-refractivity contribution in [1.29, 1.82) is 0 Å². The van der Waals surface area contributed by atoms with Crippen molar-refractivity contribution < 1.29 is 9.26 Å². The quantitative estimate of drug-likeness (QED) is 0.596. The van der Waals surface area contributed by atoms with Crippen LogP contribution in [0.4, 0.5) is 0 Å². The van der Waals surface area contributed by atoms with E-state index in [0.29, 0.717) is 24.9 Å². The van der Waals surface area contributed by atoms with E-state index in [1.807, 2.05) is 56.3 Å². The Morgan fingerprint density at radius 3 is 2.62 bits per heavy atom. The van der Waals surface area contributed by atoms with Gasteiger partial charge >= 0.3 is 5.69 Å². The molecule has 4 rings (SSSR count). The minimum Gasteiger partial charge on any atom is -0.494 e. The van der Waals surface area contributed by atoms with E-state index in [9.17, 15) is 4.79 Å². The van der Waals surface area contributed by atoms with Gasteiger partial charge in [0.05, 0.1) is 17.6 Å². The molecule has 2 heterocycles. The van der Waals surface area contributed by atoms with E-state index < -0.39 is 0 Å². The van der Waals surface area contributed by atoms with Gasteiger partial charge in [-0.2, -0.15) is 4.98 Å². The van der Waals surface area contributed by atoms with Crippen LogP contribution in [0.5, 0.6) is 5.75 Å². The van der Waals surface area contributed by atoms with Gasteiger partial charge in [-0.1, -0.05) is 5.16 Å². The van der Waals surface area contributed by atoms with Gasteiger partial charge in [0.15, 0.2) is 0 Å². The van der Waals surface area contributed by atoms with Crippen LogP contribution in [0.3, 0.4) is 0 Å². The smallest absolute Gasteiger partial charge is 0.326 e. The topological polar surface area (TPSA) is 85.9 Å². The summed E-state index contributed by atoms with van der Waals surface area (Å²) in [6.07, 6.45) is 0. The molecule has 26 heavy (non-hydrogen) atoms. The van der Waals surface area contributed by atoms with Crippen molar-refractivity contribution in [2.24, 2.45) is 0 Å². The van der Waals surface area contributed by atoms with E-state index in [-0.39, 0.29) is 5.69 Å². The Morgan fingerprint density at radius 2 is 1.88 bits per heavy atom. The maximum atomic E-state index is 11.9. The van der Waals surface area contributed by atoms with E-state index in [0.717, 1.165) is 27.9 Å². The monoisotopic (exact) mass is 350 g/mol. The number of fused-ring (bicyclic) bond motifs is 1. The lowest BCUT2D eigenvalue weighted by atomic mass is 10.2. The highest BCUT2D eigenvalue weighted by atomic mass is 16.5. The van der Waals surface area contributed by atoms with E-state index in [2.05, 4.69) is 15.1 Å². The lowest BCUT2D eigenvalue weighted by Gasteiger charge is -2.02. The SMILES string of the molecule is CCOc1ccc(-c2nc(-c3ccc4c(c3)[nH]c(=O)n4CC)no2)cc1. The number of rotatable bonds is 5. The zero-order valence-corrected chi connectivity index (χ0v) is 14.5. The molecule has 0 unspecified atom stereocenters. The third kappa shape index (κ3) is 2.77. The molecule has 2 aromatic carbocycles. The third-order valence-electron chi connectivity index (χ3n) is 4.19. The maximum Gasteiger partial charge on any atom is 0.326 e. The molecule has 0 spiro atoms. The van der Waals surface area contributed by atoms with Gasteiger partial charge in [-0.15, -0.1) is 0 Å². The van der Waals surface area contributed by atoms with E-state index in [1.54, 1.807) is 4.57 Å². The lowest BCUT2D eigenvalue weighted by Crippen LogP contribution is -2.14. The molecule has 132 valence electrons. The van der Waals surface area contributed by atoms with Crippen LogP contribution in [0.1, 0.15) is 13.8 Å². The number of H-pyrrole nitrogens is 1. The minimum atomic E-state index is -0.122. The number of ether oxygens (including phenoxy) is 1. The summed E-state index contributed by atoms with van der Waals surface area (Å²) in [5.41, 5.74) is 3.09. The molecule has 0 atom stereocenters. The largest absolute Gasteiger partial charge is 0.494 e. The fourth-order valence-electron chi connectivity index (χ4n) is 2.94. The van der Waals surface area contributed by atoms with E-state index >= 15 is 0 Å². The third-order valence-corrected chi connectivity index (χ3v) is 4.19. The molecule has 0 saturated heterocycles. The van der Waals surface area contributed by atoms with Gasteiger partial charge in [-0.05, 0) is 56.3 Å². The van der Waals surface area contributed by atoms with Crippen LogP contribution in [0.25, 0.3) is 33.9 Å². The number of hydrogen-bond acceptors (Lipinski definition) is 5. The predicted molar refractivity (Wildman–Crippen MR) is 98.1 cm³/mol. The summed E-state index contributed by atoms with van der Waals surface area (Å²) < 4.78 is 12.5. The minimum absolute atomic E-state index is 0.122. The fraction of sp³-hybridized carbons (Fsp3) is 0.211. The molecule has 0 fully saturated rings. The predicted octanol–water partition coefficient (Wildman–Crippen LogP) is 3.47. The standard InChI is InChI=1S/C19H18N4O3/c1-3-23-16-10-7-13(11-15(16)20-19(23)24)17-21-18(26-22-17)12-5-8-14(9-6-12)25-4-2/h5-11H,3-4H2,1-2H3,(H,20,24). The summed E-state index contributed by atoms with van der Waals surface area (Å²) in [6.45, 7) is 5.11. The van der Waals surface area contributed by atoms with Gasteiger partial charge in [0, 0.05) is 17.7 Å². The molecule has 0 radical (unpaired) electrons. The van der Waals surface area contributed by atoms with Gasteiger partial charge in [0.1, 0.15) is 5.75 Å². The first-order valence-corrected chi connectivity index (χ1v) is 8.49. The van der Waals surface area contributed by atoms with E-state index in [4.69, 9.17) is 9.26 Å². The summed E-state index contributed by atoms with van der Waals surface area (Å²) in [4.78, 5) is 19.2. The summed E-state index contributed by atoms with van der Waals surface area (Å²) in [5, 5.41) is 4.06. The molecule has 1 N–H and O–H groups in total. The molecule has 0 saturated carbocycles. The molecule has 4 aromatic rings. The molecule has 0 bridgehead atoms. The first kappa shape index (κ1) is 16.1. The van der Waals surface area contributed by atoms with Crippen molar-refractivity contribution in [3.63, 3.8) is 0 Å². The van der Waals surface area contributed by atoms with Crippen LogP contribution < -0.4 is 10.4 Å². The highest BCUT2D eigenvalue weighted by molar-refractivity contribution is 5.80. The van der Waals surface area contributed by atoms with Crippen molar-refractivity contribution >= 4 is 11.0 Å². The highest BCUT2D eigenvalue weighted by Gasteiger charge is 2.13. The van der Waals surface area contributed by atoms with Crippen molar-refractivity contribution in [1.82, 2.24) is 19.7 Å². The zero-order chi connectivity index (χ0) is 18.1. The highest BCUT2D eigenvalue weighted by Crippen LogP contribution is 2.25. The Hall–Kier alpha value is -3.35. The Labute approximate surface area is 149 Å². The van der Waals surface area contributed by atoms with Gasteiger partial charge in [0.25, 0.3) is 5.89 Å². The number of hydrogen-bond donors (Lipinski definition) is 1. The van der Waals surface area contributed by atoms with Crippen LogP contribution in [0, 0.1) is 0 Å². The van der Waals surface area contributed by atoms with Crippen molar-refractivity contribution in [3.05, 3.63) is 52.9 Å². The average Bonchev–Trinajstić information content (AvgIpc) is 3.26. The molecular formula is C19H18N4O3. The number of aromatic nitrogens is 4. The first-order chi connectivity index (χ1) is 12.7. The Morgan fingerprint density at radius 1 is 1.12 bits per heavy atom. The fourth-order valence-corrected chi connectivity index (χ4v) is 2.94. The van der Waals surface area contributed by atoms with Gasteiger partial charge in [-0.25, -0.2) is 4.79 Å². The molecule has 7 heteroatoms. The molecule has 0 aliphatic carbocycles. The Kier molecular flexibility index (Phi) is 4.04. The Balaban J connectivity index is 1.67. The number of nitrogens with one attached hydrogen (secondary N) is 1. The van der Waals surface area contributed by atoms with E-state index in [1.165, 1.54) is 0 Å².